The zero-order valence-electron chi connectivity index (χ0n) is 13.4. The largest absolute Gasteiger partial charge is 0.502 e. The quantitative estimate of drug-likeness (QED) is 0.375. The molecule has 25 heavy (non-hydrogen) atoms. The van der Waals surface area contributed by atoms with Crippen LogP contribution in [-0.2, 0) is 11.2 Å². The van der Waals surface area contributed by atoms with Gasteiger partial charge in [0.1, 0.15) is 11.6 Å². The average molecular weight is 337 g/mol. The standard InChI is InChI=1S/C18H15N3O4/c1-2-12-3-6-15(7-4-12)20-18(23)14(11-19)9-13-5-8-17(22)16(10-13)21(24)25/h3-10,22H,2H2,1H3,(H,20,23)/b14-9+. The van der Waals surface area contributed by atoms with Gasteiger partial charge in [-0.3, -0.25) is 14.9 Å². The summed E-state index contributed by atoms with van der Waals surface area (Å²) in [6.07, 6.45) is 2.10. The zero-order chi connectivity index (χ0) is 18.4. The Morgan fingerprint density at radius 3 is 2.56 bits per heavy atom. The highest BCUT2D eigenvalue weighted by atomic mass is 16.6. The summed E-state index contributed by atoms with van der Waals surface area (Å²) in [5.41, 5.74) is 1.21. The molecule has 2 N–H and O–H groups in total. The third-order valence-electron chi connectivity index (χ3n) is 3.49. The fourth-order valence-electron chi connectivity index (χ4n) is 2.11. The number of anilines is 1. The van der Waals surface area contributed by atoms with Gasteiger partial charge >= 0.3 is 5.69 Å². The van der Waals surface area contributed by atoms with Crippen LogP contribution in [0.25, 0.3) is 6.08 Å². The molecule has 0 spiro atoms. The molecule has 0 aliphatic heterocycles. The van der Waals surface area contributed by atoms with Gasteiger partial charge in [-0.05, 0) is 41.8 Å². The molecule has 2 aromatic rings. The van der Waals surface area contributed by atoms with Crippen molar-refractivity contribution in [2.24, 2.45) is 0 Å². The maximum Gasteiger partial charge on any atom is 0.311 e. The van der Waals surface area contributed by atoms with Crippen molar-refractivity contribution < 1.29 is 14.8 Å². The molecule has 0 radical (unpaired) electrons. The molecule has 1 amide bonds. The molecule has 7 nitrogen and oxygen atoms in total. The number of hydrogen-bond donors (Lipinski definition) is 2. The summed E-state index contributed by atoms with van der Waals surface area (Å²) >= 11 is 0. The fourth-order valence-corrected chi connectivity index (χ4v) is 2.11. The van der Waals surface area contributed by atoms with Crippen molar-refractivity contribution in [3.63, 3.8) is 0 Å². The van der Waals surface area contributed by atoms with Crippen LogP contribution in [0.1, 0.15) is 18.1 Å². The summed E-state index contributed by atoms with van der Waals surface area (Å²) < 4.78 is 0. The minimum atomic E-state index is -0.742. The van der Waals surface area contributed by atoms with Gasteiger partial charge in [0.2, 0.25) is 0 Å². The van der Waals surface area contributed by atoms with Crippen LogP contribution in [0, 0.1) is 21.4 Å². The number of aryl methyl sites for hydroxylation is 1. The van der Waals surface area contributed by atoms with E-state index in [1.807, 2.05) is 19.1 Å². The number of nitro groups is 1. The summed E-state index contributed by atoms with van der Waals surface area (Å²) in [5, 5.41) is 32.1. The van der Waals surface area contributed by atoms with Crippen LogP contribution in [0.5, 0.6) is 5.75 Å². The molecule has 2 rings (SSSR count). The number of hydrogen-bond acceptors (Lipinski definition) is 5. The van der Waals surface area contributed by atoms with Crippen molar-refractivity contribution in [1.29, 1.82) is 5.26 Å². The molecule has 7 heteroatoms. The van der Waals surface area contributed by atoms with Crippen LogP contribution in [-0.4, -0.2) is 15.9 Å². The first-order valence-electron chi connectivity index (χ1n) is 7.44. The molecule has 0 atom stereocenters. The number of phenolic OH excluding ortho intramolecular Hbond substituents is 1. The van der Waals surface area contributed by atoms with Gasteiger partial charge in [0.25, 0.3) is 5.91 Å². The second-order valence-electron chi connectivity index (χ2n) is 5.18. The summed E-state index contributed by atoms with van der Waals surface area (Å²) in [5.74, 6) is -1.11. The van der Waals surface area contributed by atoms with Crippen LogP contribution in [0.4, 0.5) is 11.4 Å². The number of aromatic hydroxyl groups is 1. The number of nitrogens with one attached hydrogen (secondary N) is 1. The van der Waals surface area contributed by atoms with E-state index in [9.17, 15) is 25.3 Å². The molecule has 0 saturated carbocycles. The number of carbonyl (C=O) groups is 1. The maximum absolute atomic E-state index is 12.2. The Balaban J connectivity index is 2.24. The van der Waals surface area contributed by atoms with Crippen molar-refractivity contribution >= 4 is 23.4 Å². The normalized spacial score (nSPS) is 10.8. The molecule has 0 aliphatic carbocycles. The van der Waals surface area contributed by atoms with Crippen LogP contribution in [0.2, 0.25) is 0 Å². The van der Waals surface area contributed by atoms with Gasteiger partial charge in [-0.25, -0.2) is 0 Å². The van der Waals surface area contributed by atoms with Crippen molar-refractivity contribution in [3.8, 4) is 11.8 Å². The zero-order valence-corrected chi connectivity index (χ0v) is 13.4. The number of nitriles is 1. The van der Waals surface area contributed by atoms with Gasteiger partial charge in [0, 0.05) is 11.8 Å². The molecule has 0 saturated heterocycles. The second-order valence-corrected chi connectivity index (χ2v) is 5.18. The molecule has 0 unspecified atom stereocenters. The van der Waals surface area contributed by atoms with Crippen molar-refractivity contribution in [2.45, 2.75) is 13.3 Å². The Kier molecular flexibility index (Phi) is 5.48. The van der Waals surface area contributed by atoms with E-state index in [-0.39, 0.29) is 11.1 Å². The molecule has 0 fully saturated rings. The van der Waals surface area contributed by atoms with Gasteiger partial charge in [0.15, 0.2) is 5.75 Å². The molecular weight excluding hydrogens is 322 g/mol. The number of rotatable bonds is 5. The van der Waals surface area contributed by atoms with Gasteiger partial charge in [0.05, 0.1) is 4.92 Å². The lowest BCUT2D eigenvalue weighted by Crippen LogP contribution is -2.13. The van der Waals surface area contributed by atoms with Crippen LogP contribution in [0.3, 0.4) is 0 Å². The summed E-state index contributed by atoms with van der Waals surface area (Å²) in [6, 6.07) is 12.6. The SMILES string of the molecule is CCc1ccc(NC(=O)/C(C#N)=C/c2ccc(O)c([N+](=O)[O-])c2)cc1. The van der Waals surface area contributed by atoms with E-state index < -0.39 is 22.3 Å². The van der Waals surface area contributed by atoms with E-state index in [0.29, 0.717) is 5.69 Å². The Labute approximate surface area is 144 Å². The molecule has 2 aromatic carbocycles. The van der Waals surface area contributed by atoms with E-state index in [1.54, 1.807) is 18.2 Å². The fraction of sp³-hybridized carbons (Fsp3) is 0.111. The number of nitrogens with zero attached hydrogens (tertiary/aromatic N) is 2. The third kappa shape index (κ3) is 4.42. The molecule has 0 aromatic heterocycles. The number of benzene rings is 2. The summed E-state index contributed by atoms with van der Waals surface area (Å²) in [4.78, 5) is 22.3. The third-order valence-corrected chi connectivity index (χ3v) is 3.49. The van der Waals surface area contributed by atoms with E-state index in [2.05, 4.69) is 5.32 Å². The Morgan fingerprint density at radius 2 is 2.00 bits per heavy atom. The predicted molar refractivity (Wildman–Crippen MR) is 92.8 cm³/mol. The number of nitro benzene ring substituents is 1. The lowest BCUT2D eigenvalue weighted by atomic mass is 10.1. The highest BCUT2D eigenvalue weighted by Crippen LogP contribution is 2.27. The van der Waals surface area contributed by atoms with E-state index in [4.69, 9.17) is 0 Å². The first-order chi connectivity index (χ1) is 11.9. The topological polar surface area (TPSA) is 116 Å². The van der Waals surface area contributed by atoms with Crippen LogP contribution >= 0.6 is 0 Å². The summed E-state index contributed by atoms with van der Waals surface area (Å²) in [6.45, 7) is 2.01. The maximum atomic E-state index is 12.2. The van der Waals surface area contributed by atoms with Crippen LogP contribution < -0.4 is 5.32 Å². The van der Waals surface area contributed by atoms with Crippen molar-refractivity contribution in [1.82, 2.24) is 0 Å². The highest BCUT2D eigenvalue weighted by molar-refractivity contribution is 6.09. The minimum Gasteiger partial charge on any atom is -0.502 e. The number of carbonyl (C=O) groups excluding carboxylic acids is 1. The van der Waals surface area contributed by atoms with E-state index in [1.165, 1.54) is 12.1 Å². The lowest BCUT2D eigenvalue weighted by molar-refractivity contribution is -0.385. The van der Waals surface area contributed by atoms with E-state index in [0.717, 1.165) is 24.1 Å². The molecular formula is C18H15N3O4. The van der Waals surface area contributed by atoms with Gasteiger partial charge in [-0.1, -0.05) is 25.1 Å². The van der Waals surface area contributed by atoms with Crippen molar-refractivity contribution in [2.75, 3.05) is 5.32 Å². The highest BCUT2D eigenvalue weighted by Gasteiger charge is 2.15. The van der Waals surface area contributed by atoms with Gasteiger partial charge in [-0.15, -0.1) is 0 Å². The molecule has 0 bridgehead atoms. The average Bonchev–Trinajstić information content (AvgIpc) is 2.61. The minimum absolute atomic E-state index is 0.209. The lowest BCUT2D eigenvalue weighted by Gasteiger charge is -2.05. The molecule has 0 heterocycles. The predicted octanol–water partition coefficient (Wildman–Crippen LogP) is 3.41. The van der Waals surface area contributed by atoms with Gasteiger partial charge < -0.3 is 10.4 Å². The van der Waals surface area contributed by atoms with Crippen LogP contribution in [0.15, 0.2) is 48.0 Å². The van der Waals surface area contributed by atoms with Gasteiger partial charge in [-0.2, -0.15) is 5.26 Å². The first kappa shape index (κ1) is 17.7. The first-order valence-corrected chi connectivity index (χ1v) is 7.44. The number of phenols is 1. The molecule has 0 aliphatic rings. The monoisotopic (exact) mass is 337 g/mol. The summed E-state index contributed by atoms with van der Waals surface area (Å²) in [7, 11) is 0. The Morgan fingerprint density at radius 1 is 1.32 bits per heavy atom. The molecule has 126 valence electrons. The second kappa shape index (κ2) is 7.75. The Hall–Kier alpha value is -3.66. The smallest absolute Gasteiger partial charge is 0.311 e. The van der Waals surface area contributed by atoms with E-state index >= 15 is 0 Å². The van der Waals surface area contributed by atoms with Crippen molar-refractivity contribution in [3.05, 3.63) is 69.3 Å². The Bertz CT molecular complexity index is 880. The number of amides is 1.